The first kappa shape index (κ1) is 15.9. The standard InChI is InChI=1S/C12H15NO4S.ClH/c1-9-4-6-10(7-5-9)18(16,17)13-8-2-3-11(13)12(14)15;/h4-7,11H,2-3,8H2,1H3,(H,14,15);1H. The van der Waals surface area contributed by atoms with Crippen LogP contribution >= 0.6 is 12.4 Å². The highest BCUT2D eigenvalue weighted by molar-refractivity contribution is 7.89. The normalized spacial score (nSPS) is 19.9. The molecular weight excluding hydrogens is 290 g/mol. The SMILES string of the molecule is Cc1ccc(S(=O)(=O)N2CCCC2C(=O)O)cc1.Cl. The van der Waals surface area contributed by atoms with E-state index in [0.717, 1.165) is 9.87 Å². The van der Waals surface area contributed by atoms with Gasteiger partial charge < -0.3 is 5.11 Å². The van der Waals surface area contributed by atoms with Crippen LogP contribution in [-0.2, 0) is 14.8 Å². The van der Waals surface area contributed by atoms with Gasteiger partial charge in [-0.15, -0.1) is 12.4 Å². The zero-order chi connectivity index (χ0) is 13.3. The van der Waals surface area contributed by atoms with Gasteiger partial charge in [0.15, 0.2) is 0 Å². The molecule has 1 aliphatic heterocycles. The molecule has 1 aliphatic rings. The van der Waals surface area contributed by atoms with E-state index in [1.165, 1.54) is 12.1 Å². The largest absolute Gasteiger partial charge is 0.480 e. The molecule has 0 aromatic heterocycles. The van der Waals surface area contributed by atoms with Crippen LogP contribution in [0.2, 0.25) is 0 Å². The first-order chi connectivity index (χ1) is 8.43. The van der Waals surface area contributed by atoms with Gasteiger partial charge in [-0.05, 0) is 31.9 Å². The second-order valence-corrected chi connectivity index (χ2v) is 6.32. The summed E-state index contributed by atoms with van der Waals surface area (Å²) in [6.07, 6.45) is 0.961. The first-order valence-corrected chi connectivity index (χ1v) is 7.18. The zero-order valence-electron chi connectivity index (χ0n) is 10.4. The Morgan fingerprint density at radius 1 is 1.32 bits per heavy atom. The lowest BCUT2D eigenvalue weighted by atomic mass is 10.2. The molecule has 1 aromatic carbocycles. The maximum absolute atomic E-state index is 12.3. The molecule has 5 nitrogen and oxygen atoms in total. The summed E-state index contributed by atoms with van der Waals surface area (Å²) in [6.45, 7) is 2.14. The number of benzene rings is 1. The van der Waals surface area contributed by atoms with Gasteiger partial charge in [0.2, 0.25) is 10.0 Å². The summed E-state index contributed by atoms with van der Waals surface area (Å²) in [4.78, 5) is 11.2. The monoisotopic (exact) mass is 305 g/mol. The van der Waals surface area contributed by atoms with E-state index in [9.17, 15) is 13.2 Å². The Morgan fingerprint density at radius 3 is 2.42 bits per heavy atom. The third kappa shape index (κ3) is 3.08. The highest BCUT2D eigenvalue weighted by Gasteiger charge is 2.39. The predicted octanol–water partition coefficient (Wildman–Crippen LogP) is 1.65. The van der Waals surface area contributed by atoms with Crippen LogP contribution in [0.15, 0.2) is 29.2 Å². The molecule has 1 N–H and O–H groups in total. The Kier molecular flexibility index (Phi) is 4.95. The Morgan fingerprint density at radius 2 is 1.89 bits per heavy atom. The van der Waals surface area contributed by atoms with E-state index in [1.807, 2.05) is 6.92 Å². The topological polar surface area (TPSA) is 74.7 Å². The first-order valence-electron chi connectivity index (χ1n) is 5.74. The van der Waals surface area contributed by atoms with Crippen LogP contribution in [0.1, 0.15) is 18.4 Å². The lowest BCUT2D eigenvalue weighted by Crippen LogP contribution is -2.40. The third-order valence-electron chi connectivity index (χ3n) is 3.12. The Labute approximate surface area is 118 Å². The number of halogens is 1. The Balaban J connectivity index is 0.00000180. The summed E-state index contributed by atoms with van der Waals surface area (Å²) in [6, 6.07) is 5.51. The summed E-state index contributed by atoms with van der Waals surface area (Å²) in [5, 5.41) is 9.03. The molecule has 19 heavy (non-hydrogen) atoms. The van der Waals surface area contributed by atoms with Crippen molar-refractivity contribution >= 4 is 28.4 Å². The van der Waals surface area contributed by atoms with Crippen molar-refractivity contribution in [2.24, 2.45) is 0 Å². The number of nitrogens with zero attached hydrogens (tertiary/aromatic N) is 1. The summed E-state index contributed by atoms with van der Waals surface area (Å²) >= 11 is 0. The Hall–Kier alpha value is -1.11. The third-order valence-corrected chi connectivity index (χ3v) is 5.04. The molecule has 1 unspecified atom stereocenters. The number of carboxylic acids is 1. The number of hydrogen-bond acceptors (Lipinski definition) is 3. The number of sulfonamides is 1. The number of rotatable bonds is 3. The fourth-order valence-corrected chi connectivity index (χ4v) is 3.77. The van der Waals surface area contributed by atoms with Crippen LogP contribution in [0, 0.1) is 6.92 Å². The van der Waals surface area contributed by atoms with Crippen molar-refractivity contribution in [3.8, 4) is 0 Å². The molecule has 0 saturated carbocycles. The van der Waals surface area contributed by atoms with Crippen molar-refractivity contribution in [3.63, 3.8) is 0 Å². The van der Waals surface area contributed by atoms with Crippen LogP contribution < -0.4 is 0 Å². The molecule has 106 valence electrons. The molecule has 1 atom stereocenters. The van der Waals surface area contributed by atoms with Gasteiger partial charge in [0, 0.05) is 6.54 Å². The van der Waals surface area contributed by atoms with Crippen LogP contribution in [0.25, 0.3) is 0 Å². The maximum Gasteiger partial charge on any atom is 0.322 e. The number of hydrogen-bond donors (Lipinski definition) is 1. The molecule has 1 fully saturated rings. The fourth-order valence-electron chi connectivity index (χ4n) is 2.12. The quantitative estimate of drug-likeness (QED) is 0.921. The highest BCUT2D eigenvalue weighted by Crippen LogP contribution is 2.26. The number of carbonyl (C=O) groups is 1. The van der Waals surface area contributed by atoms with Crippen molar-refractivity contribution < 1.29 is 18.3 Å². The van der Waals surface area contributed by atoms with Gasteiger partial charge in [0.05, 0.1) is 4.90 Å². The summed E-state index contributed by atoms with van der Waals surface area (Å²) in [7, 11) is -3.70. The molecule has 1 aromatic rings. The highest BCUT2D eigenvalue weighted by atomic mass is 35.5. The second kappa shape index (κ2) is 5.90. The van der Waals surface area contributed by atoms with Crippen LogP contribution in [0.4, 0.5) is 0 Å². The maximum atomic E-state index is 12.3. The Bertz CT molecular complexity index is 556. The number of aryl methyl sites for hydroxylation is 1. The minimum absolute atomic E-state index is 0. The van der Waals surface area contributed by atoms with Crippen LogP contribution in [0.5, 0.6) is 0 Å². The van der Waals surface area contributed by atoms with E-state index in [2.05, 4.69) is 0 Å². The van der Waals surface area contributed by atoms with Gasteiger partial charge in [0.1, 0.15) is 6.04 Å². The molecule has 1 heterocycles. The van der Waals surface area contributed by atoms with Gasteiger partial charge >= 0.3 is 5.97 Å². The summed E-state index contributed by atoms with van der Waals surface area (Å²) in [5.74, 6) is -1.08. The lowest BCUT2D eigenvalue weighted by molar-refractivity contribution is -0.140. The van der Waals surface area contributed by atoms with Gasteiger partial charge in [-0.1, -0.05) is 17.7 Å². The average Bonchev–Trinajstić information content (AvgIpc) is 2.79. The van der Waals surface area contributed by atoms with Gasteiger partial charge in [-0.25, -0.2) is 8.42 Å². The second-order valence-electron chi connectivity index (χ2n) is 4.43. The number of aliphatic carboxylic acids is 1. The minimum atomic E-state index is -3.70. The van der Waals surface area contributed by atoms with Gasteiger partial charge in [0.25, 0.3) is 0 Å². The van der Waals surface area contributed by atoms with E-state index in [4.69, 9.17) is 5.11 Å². The van der Waals surface area contributed by atoms with E-state index >= 15 is 0 Å². The molecule has 2 rings (SSSR count). The van der Waals surface area contributed by atoms with E-state index < -0.39 is 22.0 Å². The molecular formula is C12H16ClNO4S. The van der Waals surface area contributed by atoms with E-state index in [0.29, 0.717) is 12.8 Å². The molecule has 0 spiro atoms. The molecule has 0 bridgehead atoms. The molecule has 0 amide bonds. The summed E-state index contributed by atoms with van der Waals surface area (Å²) < 4.78 is 25.7. The molecule has 0 radical (unpaired) electrons. The van der Waals surface area contributed by atoms with E-state index in [-0.39, 0.29) is 23.8 Å². The van der Waals surface area contributed by atoms with Crippen molar-refractivity contribution in [3.05, 3.63) is 29.8 Å². The van der Waals surface area contributed by atoms with E-state index in [1.54, 1.807) is 12.1 Å². The van der Waals surface area contributed by atoms with Crippen molar-refractivity contribution in [1.29, 1.82) is 0 Å². The smallest absolute Gasteiger partial charge is 0.322 e. The van der Waals surface area contributed by atoms with Gasteiger partial charge in [-0.2, -0.15) is 4.31 Å². The lowest BCUT2D eigenvalue weighted by Gasteiger charge is -2.20. The molecule has 1 saturated heterocycles. The molecule has 7 heteroatoms. The van der Waals surface area contributed by atoms with Crippen LogP contribution in [0.3, 0.4) is 0 Å². The summed E-state index contributed by atoms with van der Waals surface area (Å²) in [5.41, 5.74) is 0.963. The van der Waals surface area contributed by atoms with Crippen LogP contribution in [-0.4, -0.2) is 36.4 Å². The predicted molar refractivity (Wildman–Crippen MR) is 73.0 cm³/mol. The number of carboxylic acid groups (broad SMARTS) is 1. The molecule has 0 aliphatic carbocycles. The van der Waals surface area contributed by atoms with Gasteiger partial charge in [-0.3, -0.25) is 4.79 Å². The average molecular weight is 306 g/mol. The minimum Gasteiger partial charge on any atom is -0.480 e. The van der Waals surface area contributed by atoms with Crippen molar-refractivity contribution in [2.75, 3.05) is 6.54 Å². The zero-order valence-corrected chi connectivity index (χ0v) is 12.1. The van der Waals surface area contributed by atoms with Crippen molar-refractivity contribution in [1.82, 2.24) is 4.31 Å². The fraction of sp³-hybridized carbons (Fsp3) is 0.417. The van der Waals surface area contributed by atoms with Crippen molar-refractivity contribution in [2.45, 2.75) is 30.7 Å².